The zero-order valence-corrected chi connectivity index (χ0v) is 15.8. The molecule has 1 aromatic heterocycles. The van der Waals surface area contributed by atoms with Crippen molar-refractivity contribution >= 4 is 15.9 Å². The summed E-state index contributed by atoms with van der Waals surface area (Å²) in [6.45, 7) is 2.41. The first-order valence-corrected chi connectivity index (χ1v) is 10.1. The average molecular weight is 392 g/mol. The fraction of sp³-hybridized carbons (Fsp3) is 0.471. The molecule has 2 aliphatic rings. The van der Waals surface area contributed by atoms with Gasteiger partial charge in [-0.15, -0.1) is 0 Å². The lowest BCUT2D eigenvalue weighted by Gasteiger charge is -2.24. The van der Waals surface area contributed by atoms with Crippen LogP contribution in [0.15, 0.2) is 33.8 Å². The van der Waals surface area contributed by atoms with Gasteiger partial charge in [0, 0.05) is 19.0 Å². The molecule has 9 nitrogen and oxygen atoms in total. The van der Waals surface area contributed by atoms with Crippen LogP contribution in [0.5, 0.6) is 5.75 Å². The molecule has 2 aromatic rings. The van der Waals surface area contributed by atoms with Crippen LogP contribution in [0.25, 0.3) is 0 Å². The Hall–Kier alpha value is -2.46. The molecule has 4 rings (SSSR count). The van der Waals surface area contributed by atoms with E-state index in [1.807, 2.05) is 0 Å². The van der Waals surface area contributed by atoms with Crippen molar-refractivity contribution in [3.63, 3.8) is 0 Å². The predicted molar refractivity (Wildman–Crippen MR) is 93.3 cm³/mol. The molecule has 0 aliphatic carbocycles. The number of fused-ring (bicyclic) bond motifs is 1. The van der Waals surface area contributed by atoms with E-state index >= 15 is 0 Å². The van der Waals surface area contributed by atoms with E-state index in [4.69, 9.17) is 9.37 Å². The number of ether oxygens (including phenoxy) is 1. The molecule has 144 valence electrons. The van der Waals surface area contributed by atoms with Crippen molar-refractivity contribution < 1.29 is 22.6 Å². The van der Waals surface area contributed by atoms with Gasteiger partial charge in [-0.05, 0) is 25.5 Å². The maximum Gasteiger partial charge on any atom is 0.243 e. The van der Waals surface area contributed by atoms with Crippen molar-refractivity contribution in [2.75, 3.05) is 13.7 Å². The van der Waals surface area contributed by atoms with Crippen LogP contribution in [-0.4, -0.2) is 59.6 Å². The normalized spacial score (nSPS) is 23.0. The molecule has 3 heterocycles. The summed E-state index contributed by atoms with van der Waals surface area (Å²) in [7, 11) is -2.22. The maximum atomic E-state index is 13.1. The molecule has 2 fully saturated rings. The molecule has 10 heteroatoms. The Labute approximate surface area is 156 Å². The van der Waals surface area contributed by atoms with Crippen LogP contribution in [0.2, 0.25) is 0 Å². The molecule has 2 saturated heterocycles. The third-order valence-corrected chi connectivity index (χ3v) is 7.20. The molecular formula is C17H20N4O5S. The van der Waals surface area contributed by atoms with Gasteiger partial charge in [-0.3, -0.25) is 4.79 Å². The van der Waals surface area contributed by atoms with Crippen molar-refractivity contribution in [3.05, 3.63) is 35.7 Å². The number of nitrogens with zero attached hydrogens (tertiary/aromatic N) is 4. The summed E-state index contributed by atoms with van der Waals surface area (Å²) in [5, 5.41) is 7.57. The number of benzene rings is 1. The number of hydrogen-bond acceptors (Lipinski definition) is 7. The Morgan fingerprint density at radius 1 is 1.30 bits per heavy atom. The molecule has 0 spiro atoms. The van der Waals surface area contributed by atoms with Gasteiger partial charge in [-0.1, -0.05) is 16.4 Å². The second kappa shape index (κ2) is 6.61. The fourth-order valence-corrected chi connectivity index (χ4v) is 5.55. The van der Waals surface area contributed by atoms with Crippen molar-refractivity contribution in [2.45, 2.75) is 43.3 Å². The Bertz CT molecular complexity index is 973. The number of methoxy groups -OCH3 is 1. The molecule has 0 saturated carbocycles. The number of likely N-dealkylation sites (tertiary alicyclic amines) is 1. The van der Waals surface area contributed by atoms with Crippen molar-refractivity contribution in [1.29, 1.82) is 0 Å². The van der Waals surface area contributed by atoms with Gasteiger partial charge in [-0.2, -0.15) is 4.31 Å². The molecule has 1 amide bonds. The number of amides is 1. The van der Waals surface area contributed by atoms with Crippen LogP contribution in [0.3, 0.4) is 0 Å². The number of rotatable bonds is 5. The fourth-order valence-electron chi connectivity index (χ4n) is 3.85. The van der Waals surface area contributed by atoms with Gasteiger partial charge >= 0.3 is 0 Å². The summed E-state index contributed by atoms with van der Waals surface area (Å²) in [4.78, 5) is 14.4. The number of carbonyl (C=O) groups excluding carboxylic acids is 1. The zero-order valence-electron chi connectivity index (χ0n) is 15.0. The molecule has 1 aromatic carbocycles. The summed E-state index contributed by atoms with van der Waals surface area (Å²) >= 11 is 0. The van der Waals surface area contributed by atoms with Crippen LogP contribution in [0.1, 0.15) is 24.2 Å². The summed E-state index contributed by atoms with van der Waals surface area (Å²) in [5.41, 5.74) is 1.23. The lowest BCUT2D eigenvalue weighted by molar-refractivity contribution is -0.129. The van der Waals surface area contributed by atoms with E-state index in [0.29, 0.717) is 30.1 Å². The largest absolute Gasteiger partial charge is 0.497 e. The van der Waals surface area contributed by atoms with E-state index in [1.54, 1.807) is 30.0 Å². The zero-order chi connectivity index (χ0) is 19.2. The lowest BCUT2D eigenvalue weighted by Crippen LogP contribution is -2.39. The average Bonchev–Trinajstić information content (AvgIpc) is 3.33. The second-order valence-corrected chi connectivity index (χ2v) is 8.63. The highest BCUT2D eigenvalue weighted by Gasteiger charge is 2.51. The van der Waals surface area contributed by atoms with E-state index in [0.717, 1.165) is 0 Å². The molecule has 2 atom stereocenters. The number of hydrogen-bond donors (Lipinski definition) is 0. The standard InChI is InChI=1S/C17H20N4O5S/c1-11-14(19-26-18-11)10-20-15-6-7-21(16(15)9-17(20)22)27(23,24)13-5-3-4-12(8-13)25-2/h3-5,8,15-16H,6-7,9-10H2,1-2H3/t15-,16-/m0/s1. The van der Waals surface area contributed by atoms with Crippen LogP contribution >= 0.6 is 0 Å². The molecular weight excluding hydrogens is 372 g/mol. The third-order valence-electron chi connectivity index (χ3n) is 5.28. The number of aryl methyl sites for hydroxylation is 1. The predicted octanol–water partition coefficient (Wildman–Crippen LogP) is 0.951. The molecule has 0 unspecified atom stereocenters. The molecule has 0 bridgehead atoms. The molecule has 0 radical (unpaired) electrons. The van der Waals surface area contributed by atoms with Crippen LogP contribution < -0.4 is 4.74 Å². The van der Waals surface area contributed by atoms with E-state index in [2.05, 4.69) is 10.3 Å². The second-order valence-electron chi connectivity index (χ2n) is 6.74. The first-order valence-electron chi connectivity index (χ1n) is 8.65. The van der Waals surface area contributed by atoms with E-state index in [9.17, 15) is 13.2 Å². The quantitative estimate of drug-likeness (QED) is 0.746. The topological polar surface area (TPSA) is 106 Å². The van der Waals surface area contributed by atoms with Gasteiger partial charge in [0.25, 0.3) is 0 Å². The van der Waals surface area contributed by atoms with Gasteiger partial charge in [-0.25, -0.2) is 13.0 Å². The van der Waals surface area contributed by atoms with Gasteiger partial charge in [0.2, 0.25) is 15.9 Å². The van der Waals surface area contributed by atoms with Crippen molar-refractivity contribution in [1.82, 2.24) is 19.5 Å². The number of sulfonamides is 1. The van der Waals surface area contributed by atoms with E-state index in [-0.39, 0.29) is 35.9 Å². The van der Waals surface area contributed by atoms with Crippen molar-refractivity contribution in [3.8, 4) is 5.75 Å². The van der Waals surface area contributed by atoms with Crippen LogP contribution in [-0.2, 0) is 21.4 Å². The molecule has 2 aliphatic heterocycles. The first kappa shape index (κ1) is 17.9. The highest BCUT2D eigenvalue weighted by atomic mass is 32.2. The van der Waals surface area contributed by atoms with E-state index < -0.39 is 10.0 Å². The highest BCUT2D eigenvalue weighted by Crippen LogP contribution is 2.37. The van der Waals surface area contributed by atoms with Gasteiger partial charge < -0.3 is 9.64 Å². The summed E-state index contributed by atoms with van der Waals surface area (Å²) < 4.78 is 37.5. The van der Waals surface area contributed by atoms with E-state index in [1.165, 1.54) is 17.5 Å². The van der Waals surface area contributed by atoms with Gasteiger partial charge in [0.05, 0.1) is 30.6 Å². The lowest BCUT2D eigenvalue weighted by atomic mass is 10.1. The van der Waals surface area contributed by atoms with Crippen LogP contribution in [0, 0.1) is 6.92 Å². The number of aromatic nitrogens is 2. The highest BCUT2D eigenvalue weighted by molar-refractivity contribution is 7.89. The van der Waals surface area contributed by atoms with Gasteiger partial charge in [0.1, 0.15) is 17.1 Å². The Morgan fingerprint density at radius 3 is 2.81 bits per heavy atom. The Kier molecular flexibility index (Phi) is 4.39. The minimum atomic E-state index is -3.71. The van der Waals surface area contributed by atoms with Crippen LogP contribution in [0.4, 0.5) is 0 Å². The SMILES string of the molecule is COc1cccc(S(=O)(=O)N2CC[C@H]3[C@@H]2CC(=O)N3Cc2nonc2C)c1. The smallest absolute Gasteiger partial charge is 0.243 e. The number of carbonyl (C=O) groups is 1. The third kappa shape index (κ3) is 2.98. The minimum Gasteiger partial charge on any atom is -0.497 e. The first-order chi connectivity index (χ1) is 12.9. The summed E-state index contributed by atoms with van der Waals surface area (Å²) in [6.07, 6.45) is 0.752. The minimum absolute atomic E-state index is 0.0852. The van der Waals surface area contributed by atoms with Gasteiger partial charge in [0.15, 0.2) is 0 Å². The van der Waals surface area contributed by atoms with Crippen molar-refractivity contribution in [2.24, 2.45) is 0 Å². The summed E-state index contributed by atoms with van der Waals surface area (Å²) in [5.74, 6) is 0.392. The maximum absolute atomic E-state index is 13.1. The Morgan fingerprint density at radius 2 is 2.11 bits per heavy atom. The monoisotopic (exact) mass is 392 g/mol. The molecule has 0 N–H and O–H groups in total. The molecule has 27 heavy (non-hydrogen) atoms. The Balaban J connectivity index is 1.59. The summed E-state index contributed by atoms with van der Waals surface area (Å²) in [6, 6.07) is 5.83.